The van der Waals surface area contributed by atoms with Crippen LogP contribution in [-0.2, 0) is 14.8 Å². The number of hydrogen-bond donors (Lipinski definition) is 1. The summed E-state index contributed by atoms with van der Waals surface area (Å²) in [7, 11) is -3.94. The summed E-state index contributed by atoms with van der Waals surface area (Å²) in [4.78, 5) is 24.0. The van der Waals surface area contributed by atoms with Crippen LogP contribution in [0.3, 0.4) is 0 Å². The molecule has 0 saturated carbocycles. The van der Waals surface area contributed by atoms with Gasteiger partial charge in [0.25, 0.3) is 5.69 Å². The van der Waals surface area contributed by atoms with Gasteiger partial charge in [0.15, 0.2) is 0 Å². The predicted octanol–water partition coefficient (Wildman–Crippen LogP) is 2.89. The first-order valence-electron chi connectivity index (χ1n) is 8.48. The van der Waals surface area contributed by atoms with Crippen molar-refractivity contribution in [3.05, 3.63) is 63.2 Å². The molecular weight excluding hydrogens is 406 g/mol. The van der Waals surface area contributed by atoms with Crippen molar-refractivity contribution in [2.24, 2.45) is 5.92 Å². The predicted molar refractivity (Wildman–Crippen MR) is 105 cm³/mol. The van der Waals surface area contributed by atoms with Crippen molar-refractivity contribution >= 4 is 38.9 Å². The maximum Gasteiger partial charge on any atom is 0.270 e. The molecule has 1 heterocycles. The van der Waals surface area contributed by atoms with Crippen molar-refractivity contribution in [3.8, 4) is 0 Å². The second-order valence-electron chi connectivity index (χ2n) is 6.61. The normalized spacial score (nSPS) is 17.1. The molecule has 1 saturated heterocycles. The third kappa shape index (κ3) is 4.32. The van der Waals surface area contributed by atoms with Gasteiger partial charge in [0, 0.05) is 42.4 Å². The van der Waals surface area contributed by atoms with Gasteiger partial charge in [0.1, 0.15) is 0 Å². The summed E-state index contributed by atoms with van der Waals surface area (Å²) >= 11 is 5.86. The summed E-state index contributed by atoms with van der Waals surface area (Å²) in [6, 6.07) is 10.5. The number of nitrogens with zero attached hydrogens (tertiary/aromatic N) is 2. The lowest BCUT2D eigenvalue weighted by Crippen LogP contribution is -2.31. The van der Waals surface area contributed by atoms with Crippen molar-refractivity contribution in [1.29, 1.82) is 0 Å². The Morgan fingerprint density at radius 3 is 2.57 bits per heavy atom. The lowest BCUT2D eigenvalue weighted by Gasteiger charge is -2.17. The number of non-ortho nitro benzene ring substituents is 1. The highest BCUT2D eigenvalue weighted by Crippen LogP contribution is 2.27. The summed E-state index contributed by atoms with van der Waals surface area (Å²) in [5.74, 6) is -0.310. The van der Waals surface area contributed by atoms with Crippen LogP contribution in [-0.4, -0.2) is 32.3 Å². The minimum Gasteiger partial charge on any atom is -0.312 e. The van der Waals surface area contributed by atoms with Crippen LogP contribution < -0.4 is 9.62 Å². The molecule has 10 heteroatoms. The molecule has 28 heavy (non-hydrogen) atoms. The van der Waals surface area contributed by atoms with Gasteiger partial charge >= 0.3 is 0 Å². The highest BCUT2D eigenvalue weighted by Gasteiger charge is 2.32. The quantitative estimate of drug-likeness (QED) is 0.567. The molecule has 0 aliphatic carbocycles. The Hall–Kier alpha value is -2.49. The molecule has 3 rings (SSSR count). The number of nitro groups is 1. The molecule has 1 N–H and O–H groups in total. The molecule has 0 bridgehead atoms. The maximum absolute atomic E-state index is 12.6. The Morgan fingerprint density at radius 2 is 1.93 bits per heavy atom. The number of sulfonamides is 1. The third-order valence-electron chi connectivity index (χ3n) is 4.58. The summed E-state index contributed by atoms with van der Waals surface area (Å²) in [6.45, 7) is 2.00. The fourth-order valence-electron chi connectivity index (χ4n) is 3.09. The standard InChI is InChI=1S/C18H18ClN3O5S/c1-12-2-5-16(22(24)25)9-17(12)28(26,27)20-10-13-8-18(23)21(11-13)15-6-3-14(19)4-7-15/h2-7,9,13,20H,8,10-11H2,1H3. The fraction of sp³-hybridized carbons (Fsp3) is 0.278. The minimum atomic E-state index is -3.94. The van der Waals surface area contributed by atoms with Gasteiger partial charge in [-0.25, -0.2) is 13.1 Å². The molecule has 0 aromatic heterocycles. The number of halogens is 1. The first-order chi connectivity index (χ1) is 13.2. The number of nitrogens with one attached hydrogen (secondary N) is 1. The van der Waals surface area contributed by atoms with Crippen molar-refractivity contribution in [3.63, 3.8) is 0 Å². The van der Waals surface area contributed by atoms with E-state index in [0.717, 1.165) is 6.07 Å². The lowest BCUT2D eigenvalue weighted by atomic mass is 10.1. The molecule has 8 nitrogen and oxygen atoms in total. The molecule has 0 spiro atoms. The van der Waals surface area contributed by atoms with Gasteiger partial charge in [0.2, 0.25) is 15.9 Å². The van der Waals surface area contributed by atoms with Gasteiger partial charge in [0.05, 0.1) is 9.82 Å². The van der Waals surface area contributed by atoms with E-state index in [1.54, 1.807) is 36.1 Å². The van der Waals surface area contributed by atoms with Crippen molar-refractivity contribution < 1.29 is 18.1 Å². The van der Waals surface area contributed by atoms with Gasteiger partial charge in [-0.1, -0.05) is 17.7 Å². The van der Waals surface area contributed by atoms with Gasteiger partial charge in [-0.15, -0.1) is 0 Å². The average Bonchev–Trinajstić information content (AvgIpc) is 3.01. The van der Waals surface area contributed by atoms with E-state index in [0.29, 0.717) is 22.8 Å². The van der Waals surface area contributed by atoms with E-state index < -0.39 is 14.9 Å². The molecule has 1 unspecified atom stereocenters. The van der Waals surface area contributed by atoms with Crippen LogP contribution in [0.5, 0.6) is 0 Å². The maximum atomic E-state index is 12.6. The van der Waals surface area contributed by atoms with Crippen LogP contribution in [0, 0.1) is 23.0 Å². The second-order valence-corrected chi connectivity index (χ2v) is 8.78. The molecule has 148 valence electrons. The summed E-state index contributed by atoms with van der Waals surface area (Å²) < 4.78 is 27.7. The van der Waals surface area contributed by atoms with E-state index in [2.05, 4.69) is 4.72 Å². The average molecular weight is 424 g/mol. The number of aryl methyl sites for hydroxylation is 1. The van der Waals surface area contributed by atoms with Crippen LogP contribution in [0.1, 0.15) is 12.0 Å². The van der Waals surface area contributed by atoms with Crippen molar-refractivity contribution in [2.75, 3.05) is 18.0 Å². The number of rotatable bonds is 6. The molecule has 1 atom stereocenters. The zero-order valence-electron chi connectivity index (χ0n) is 15.0. The van der Waals surface area contributed by atoms with Crippen molar-refractivity contribution in [2.45, 2.75) is 18.2 Å². The largest absolute Gasteiger partial charge is 0.312 e. The molecule has 2 aromatic carbocycles. The Morgan fingerprint density at radius 1 is 1.25 bits per heavy atom. The Balaban J connectivity index is 1.70. The number of anilines is 1. The van der Waals surface area contributed by atoms with Crippen LogP contribution in [0.15, 0.2) is 47.4 Å². The van der Waals surface area contributed by atoms with Crippen molar-refractivity contribution in [1.82, 2.24) is 4.72 Å². The van der Waals surface area contributed by atoms with Gasteiger partial charge in [-0.05, 0) is 42.7 Å². The monoisotopic (exact) mass is 423 g/mol. The first-order valence-corrected chi connectivity index (χ1v) is 10.3. The molecular formula is C18H18ClN3O5S. The Bertz CT molecular complexity index is 1020. The third-order valence-corrected chi connectivity index (χ3v) is 6.40. The number of benzene rings is 2. The van der Waals surface area contributed by atoms with E-state index in [1.807, 2.05) is 0 Å². The van der Waals surface area contributed by atoms with Crippen LogP contribution in [0.2, 0.25) is 5.02 Å². The summed E-state index contributed by atoms with van der Waals surface area (Å²) in [5, 5.41) is 11.5. The highest BCUT2D eigenvalue weighted by atomic mass is 35.5. The zero-order chi connectivity index (χ0) is 20.5. The van der Waals surface area contributed by atoms with Crippen LogP contribution >= 0.6 is 11.6 Å². The van der Waals surface area contributed by atoms with E-state index in [9.17, 15) is 23.3 Å². The van der Waals surface area contributed by atoms with Gasteiger partial charge in [-0.3, -0.25) is 14.9 Å². The van der Waals surface area contributed by atoms with E-state index in [-0.39, 0.29) is 35.4 Å². The van der Waals surface area contributed by atoms with E-state index >= 15 is 0 Å². The van der Waals surface area contributed by atoms with Gasteiger partial charge < -0.3 is 4.90 Å². The first kappa shape index (κ1) is 20.2. The smallest absolute Gasteiger partial charge is 0.270 e. The molecule has 1 fully saturated rings. The van der Waals surface area contributed by atoms with E-state index in [1.165, 1.54) is 12.1 Å². The molecule has 1 aliphatic rings. The van der Waals surface area contributed by atoms with Crippen LogP contribution in [0.4, 0.5) is 11.4 Å². The topological polar surface area (TPSA) is 110 Å². The number of nitro benzene ring substituents is 1. The van der Waals surface area contributed by atoms with Gasteiger partial charge in [-0.2, -0.15) is 0 Å². The van der Waals surface area contributed by atoms with Crippen LogP contribution in [0.25, 0.3) is 0 Å². The summed E-state index contributed by atoms with van der Waals surface area (Å²) in [6.07, 6.45) is 0.207. The summed E-state index contributed by atoms with van der Waals surface area (Å²) in [5.41, 5.74) is 0.814. The molecule has 0 radical (unpaired) electrons. The Kier molecular flexibility index (Phi) is 5.69. The molecule has 2 aromatic rings. The van der Waals surface area contributed by atoms with E-state index in [4.69, 9.17) is 11.6 Å². The SMILES string of the molecule is Cc1ccc([N+](=O)[O-])cc1S(=O)(=O)NCC1CC(=O)N(c2ccc(Cl)cc2)C1. The molecule has 1 aliphatic heterocycles. The fourth-order valence-corrected chi connectivity index (χ4v) is 4.59. The number of amides is 1. The lowest BCUT2D eigenvalue weighted by molar-refractivity contribution is -0.385. The highest BCUT2D eigenvalue weighted by molar-refractivity contribution is 7.89. The number of carbonyl (C=O) groups is 1. The molecule has 1 amide bonds. The number of carbonyl (C=O) groups excluding carboxylic acids is 1. The second kappa shape index (κ2) is 7.86. The minimum absolute atomic E-state index is 0.0558. The zero-order valence-corrected chi connectivity index (χ0v) is 16.5. The Labute approximate surface area is 167 Å². The number of hydrogen-bond acceptors (Lipinski definition) is 5.